The van der Waals surface area contributed by atoms with Gasteiger partial charge in [-0.15, -0.1) is 0 Å². The fourth-order valence-corrected chi connectivity index (χ4v) is 6.73. The minimum Gasteiger partial charge on any atom is -0.493 e. The number of hydrogen-bond donors (Lipinski definition) is 3. The number of nitrogens with one attached hydrogen (secondary N) is 3. The van der Waals surface area contributed by atoms with Gasteiger partial charge in [0.1, 0.15) is 5.82 Å². The molecule has 3 aliphatic rings. The molecule has 1 unspecified atom stereocenters. The van der Waals surface area contributed by atoms with Gasteiger partial charge in [0.25, 0.3) is 0 Å². The van der Waals surface area contributed by atoms with Crippen molar-refractivity contribution in [1.29, 1.82) is 0 Å². The quantitative estimate of drug-likeness (QED) is 0.211. The Bertz CT molecular complexity index is 1680. The lowest BCUT2D eigenvalue weighted by atomic mass is 9.97. The first kappa shape index (κ1) is 30.0. The minimum absolute atomic E-state index is 0.203. The van der Waals surface area contributed by atoms with Crippen LogP contribution in [0.2, 0.25) is 0 Å². The van der Waals surface area contributed by atoms with Crippen molar-refractivity contribution < 1.29 is 9.47 Å². The Balaban J connectivity index is 1.16. The van der Waals surface area contributed by atoms with Crippen molar-refractivity contribution >= 4 is 46.7 Å². The summed E-state index contributed by atoms with van der Waals surface area (Å²) in [6, 6.07) is 13.8. The predicted octanol–water partition coefficient (Wildman–Crippen LogP) is 5.50. The van der Waals surface area contributed by atoms with Gasteiger partial charge in [-0.25, -0.2) is 4.68 Å². The summed E-state index contributed by atoms with van der Waals surface area (Å²) in [5.74, 6) is 4.24. The third-order valence-corrected chi connectivity index (χ3v) is 9.12. The van der Waals surface area contributed by atoms with Gasteiger partial charge in [-0.2, -0.15) is 20.1 Å². The monoisotopic (exact) mass is 640 g/mol. The van der Waals surface area contributed by atoms with Crippen molar-refractivity contribution in [3.8, 4) is 17.2 Å². The van der Waals surface area contributed by atoms with Gasteiger partial charge < -0.3 is 35.2 Å². The molecule has 3 aliphatic heterocycles. The SMILES string of the molecule is COc1ccc(C2NC(=S)Nc3c2c(C)nn3-c2ccc(Nc3nc(N4CCCCC4)nc(N4CCCCC4)n3)cc2)cc1OC. The van der Waals surface area contributed by atoms with E-state index in [1.807, 2.05) is 54.1 Å². The number of anilines is 5. The third kappa shape index (κ3) is 5.98. The van der Waals surface area contributed by atoms with Crippen LogP contribution in [0.1, 0.15) is 61.4 Å². The largest absolute Gasteiger partial charge is 0.493 e. The van der Waals surface area contributed by atoms with Crippen molar-refractivity contribution in [2.45, 2.75) is 51.5 Å². The number of methoxy groups -OCH3 is 2. The molecular formula is C33H40N10O2S. The average Bonchev–Trinajstić information content (AvgIpc) is 3.44. The van der Waals surface area contributed by atoms with Gasteiger partial charge in [0.2, 0.25) is 17.8 Å². The molecule has 46 heavy (non-hydrogen) atoms. The highest BCUT2D eigenvalue weighted by atomic mass is 32.1. The molecule has 3 N–H and O–H groups in total. The maximum absolute atomic E-state index is 5.64. The molecule has 1 atom stereocenters. The summed E-state index contributed by atoms with van der Waals surface area (Å²) in [7, 11) is 3.27. The van der Waals surface area contributed by atoms with Crippen molar-refractivity contribution in [2.75, 3.05) is 60.8 Å². The Hall–Kier alpha value is -4.65. The molecule has 0 radical (unpaired) electrons. The fourth-order valence-electron chi connectivity index (χ4n) is 6.52. The second-order valence-corrected chi connectivity index (χ2v) is 12.3. The zero-order chi connectivity index (χ0) is 31.6. The van der Waals surface area contributed by atoms with Crippen molar-refractivity contribution in [3.05, 3.63) is 59.3 Å². The van der Waals surface area contributed by atoms with Crippen molar-refractivity contribution in [1.82, 2.24) is 30.0 Å². The first-order chi connectivity index (χ1) is 22.5. The molecule has 7 rings (SSSR count). The number of fused-ring (bicyclic) bond motifs is 1. The lowest BCUT2D eigenvalue weighted by molar-refractivity contribution is 0.354. The van der Waals surface area contributed by atoms with Crippen LogP contribution in [0.4, 0.5) is 29.4 Å². The van der Waals surface area contributed by atoms with E-state index in [4.69, 9.17) is 41.7 Å². The molecule has 12 nitrogen and oxygen atoms in total. The first-order valence-corrected chi connectivity index (χ1v) is 16.4. The predicted molar refractivity (Wildman–Crippen MR) is 184 cm³/mol. The summed E-state index contributed by atoms with van der Waals surface area (Å²) >= 11 is 5.64. The zero-order valence-electron chi connectivity index (χ0n) is 26.5. The Morgan fingerprint density at radius 2 is 1.43 bits per heavy atom. The van der Waals surface area contributed by atoms with E-state index in [0.717, 1.165) is 97.8 Å². The average molecular weight is 641 g/mol. The number of aryl methyl sites for hydroxylation is 1. The third-order valence-electron chi connectivity index (χ3n) is 8.90. The molecule has 0 bridgehead atoms. The summed E-state index contributed by atoms with van der Waals surface area (Å²) in [6.45, 7) is 5.92. The molecule has 4 aromatic rings. The molecule has 0 aliphatic carbocycles. The van der Waals surface area contributed by atoms with Gasteiger partial charge in [-0.1, -0.05) is 6.07 Å². The Kier molecular flexibility index (Phi) is 8.48. The normalized spacial score (nSPS) is 18.0. The Labute approximate surface area is 274 Å². The minimum atomic E-state index is -0.203. The molecule has 2 aromatic heterocycles. The van der Waals surface area contributed by atoms with Gasteiger partial charge in [0.05, 0.1) is 31.6 Å². The van der Waals surface area contributed by atoms with E-state index in [0.29, 0.717) is 22.6 Å². The summed E-state index contributed by atoms with van der Waals surface area (Å²) < 4.78 is 12.9. The number of ether oxygens (including phenoxy) is 2. The standard InChI is InChI=1S/C33H40N10O2S/c1-21-27-28(22-10-15-25(44-2)26(20-22)45-3)35-33(46)36-29(27)43(40-21)24-13-11-23(12-14-24)34-30-37-31(41-16-6-4-7-17-41)39-32(38-30)42-18-8-5-9-19-42/h10-15,20,28H,4-9,16-19H2,1-3H3,(H2,35,36,46)(H,34,37,38,39). The van der Waals surface area contributed by atoms with Crippen LogP contribution in [0.3, 0.4) is 0 Å². The van der Waals surface area contributed by atoms with Crippen LogP contribution in [-0.2, 0) is 0 Å². The highest BCUT2D eigenvalue weighted by Crippen LogP contribution is 2.39. The number of hydrogen-bond acceptors (Lipinski definition) is 10. The van der Waals surface area contributed by atoms with Crippen LogP contribution in [0.15, 0.2) is 42.5 Å². The van der Waals surface area contributed by atoms with E-state index in [2.05, 4.69) is 25.8 Å². The van der Waals surface area contributed by atoms with E-state index in [9.17, 15) is 0 Å². The lowest BCUT2D eigenvalue weighted by Gasteiger charge is -2.30. The second-order valence-electron chi connectivity index (χ2n) is 11.9. The lowest BCUT2D eigenvalue weighted by Crippen LogP contribution is -2.38. The van der Waals surface area contributed by atoms with Gasteiger partial charge in [0, 0.05) is 37.4 Å². The van der Waals surface area contributed by atoms with Crippen LogP contribution in [-0.4, -0.2) is 70.2 Å². The van der Waals surface area contributed by atoms with Gasteiger partial charge in [-0.3, -0.25) is 0 Å². The number of piperidine rings is 2. The molecule has 2 fully saturated rings. The van der Waals surface area contributed by atoms with E-state index in [1.165, 1.54) is 12.8 Å². The van der Waals surface area contributed by atoms with E-state index in [1.54, 1.807) is 14.2 Å². The molecule has 13 heteroatoms. The number of rotatable bonds is 8. The molecule has 2 aromatic carbocycles. The van der Waals surface area contributed by atoms with E-state index < -0.39 is 0 Å². The molecule has 0 spiro atoms. The summed E-state index contributed by atoms with van der Waals surface area (Å²) in [4.78, 5) is 19.2. The van der Waals surface area contributed by atoms with Crippen molar-refractivity contribution in [2.24, 2.45) is 0 Å². The maximum Gasteiger partial charge on any atom is 0.233 e. The number of nitrogens with zero attached hydrogens (tertiary/aromatic N) is 7. The van der Waals surface area contributed by atoms with Gasteiger partial charge >= 0.3 is 0 Å². The summed E-state index contributed by atoms with van der Waals surface area (Å²) in [5, 5.41) is 15.6. The summed E-state index contributed by atoms with van der Waals surface area (Å²) in [5.41, 5.74) is 4.69. The smallest absolute Gasteiger partial charge is 0.233 e. The van der Waals surface area contributed by atoms with Crippen molar-refractivity contribution in [3.63, 3.8) is 0 Å². The Morgan fingerprint density at radius 1 is 0.804 bits per heavy atom. The highest BCUT2D eigenvalue weighted by Gasteiger charge is 2.31. The molecule has 240 valence electrons. The fraction of sp³-hybridized carbons (Fsp3) is 0.424. The number of aromatic nitrogens is 5. The van der Waals surface area contributed by atoms with Crippen LogP contribution < -0.4 is 35.2 Å². The highest BCUT2D eigenvalue weighted by molar-refractivity contribution is 7.80. The molecule has 5 heterocycles. The van der Waals surface area contributed by atoms with Crippen LogP contribution >= 0.6 is 12.2 Å². The topological polar surface area (TPSA) is 118 Å². The molecular weight excluding hydrogens is 600 g/mol. The first-order valence-electron chi connectivity index (χ1n) is 16.0. The Morgan fingerprint density at radius 3 is 2.04 bits per heavy atom. The number of thiocarbonyl (C=S) groups is 1. The van der Waals surface area contributed by atoms with E-state index in [-0.39, 0.29) is 6.04 Å². The molecule has 0 amide bonds. The van der Waals surface area contributed by atoms with Gasteiger partial charge in [0.15, 0.2) is 16.6 Å². The van der Waals surface area contributed by atoms with Gasteiger partial charge in [-0.05, 0) is 99.6 Å². The molecule has 2 saturated heterocycles. The molecule has 0 saturated carbocycles. The summed E-state index contributed by atoms with van der Waals surface area (Å²) in [6.07, 6.45) is 7.16. The van der Waals surface area contributed by atoms with Crippen LogP contribution in [0.25, 0.3) is 5.69 Å². The van der Waals surface area contributed by atoms with Crippen LogP contribution in [0, 0.1) is 6.92 Å². The second kappa shape index (κ2) is 13.0. The maximum atomic E-state index is 5.64. The van der Waals surface area contributed by atoms with Crippen LogP contribution in [0.5, 0.6) is 11.5 Å². The zero-order valence-corrected chi connectivity index (χ0v) is 27.4. The van der Waals surface area contributed by atoms with E-state index >= 15 is 0 Å². The number of benzene rings is 2.